The third-order valence-electron chi connectivity index (χ3n) is 4.25. The van der Waals surface area contributed by atoms with Crippen LogP contribution in [0.25, 0.3) is 0 Å². The first kappa shape index (κ1) is 20.6. The molecule has 0 heterocycles. The van der Waals surface area contributed by atoms with Gasteiger partial charge in [0, 0.05) is 24.5 Å². The number of hydrogen-bond acceptors (Lipinski definition) is 4. The van der Waals surface area contributed by atoms with Crippen LogP contribution >= 0.6 is 0 Å². The molecule has 0 aliphatic carbocycles. The first-order valence-electron chi connectivity index (χ1n) is 9.64. The molecule has 0 aliphatic heterocycles. The summed E-state index contributed by atoms with van der Waals surface area (Å²) in [5.74, 6) is 1.32. The van der Waals surface area contributed by atoms with Gasteiger partial charge in [0.05, 0.1) is 19.6 Å². The number of carbonyl (C=O) groups excluding carboxylic acids is 1. The maximum absolute atomic E-state index is 12.4. The topological polar surface area (TPSA) is 50.8 Å². The van der Waals surface area contributed by atoms with E-state index in [4.69, 9.17) is 9.47 Å². The lowest BCUT2D eigenvalue weighted by Gasteiger charge is -2.21. The highest BCUT2D eigenvalue weighted by Crippen LogP contribution is 2.29. The van der Waals surface area contributed by atoms with Crippen molar-refractivity contribution in [1.82, 2.24) is 0 Å². The molecule has 0 atom stereocenters. The molecule has 0 spiro atoms. The molecule has 1 N–H and O–H groups in total. The van der Waals surface area contributed by atoms with Gasteiger partial charge in [-0.1, -0.05) is 6.07 Å². The average Bonchev–Trinajstić information content (AvgIpc) is 2.66. The summed E-state index contributed by atoms with van der Waals surface area (Å²) < 4.78 is 11.2. The highest BCUT2D eigenvalue weighted by Gasteiger charge is 2.10. The molecular formula is C22H30N2O3. The van der Waals surface area contributed by atoms with Crippen LogP contribution in [0.4, 0.5) is 11.4 Å². The molecular weight excluding hydrogens is 340 g/mol. The van der Waals surface area contributed by atoms with E-state index in [1.807, 2.05) is 56.3 Å². The molecule has 2 aromatic rings. The number of ether oxygens (including phenoxy) is 2. The highest BCUT2D eigenvalue weighted by molar-refractivity contribution is 5.92. The standard InChI is InChI=1S/C22H30N2O3/c1-5-24(6-2)19-12-10-18(11-13-19)23-22(25)16-17-9-14-20(26-7-3)21(15-17)27-8-4/h9-15H,5-8,16H2,1-4H3,(H,23,25). The Bertz CT molecular complexity index is 725. The highest BCUT2D eigenvalue weighted by atomic mass is 16.5. The zero-order chi connectivity index (χ0) is 19.6. The second kappa shape index (κ2) is 10.5. The van der Waals surface area contributed by atoms with E-state index < -0.39 is 0 Å². The van der Waals surface area contributed by atoms with Crippen LogP contribution in [-0.2, 0) is 11.2 Å². The smallest absolute Gasteiger partial charge is 0.228 e. The van der Waals surface area contributed by atoms with Gasteiger partial charge in [-0.2, -0.15) is 0 Å². The van der Waals surface area contributed by atoms with Gasteiger partial charge in [0.2, 0.25) is 5.91 Å². The SMILES string of the molecule is CCOc1ccc(CC(=O)Nc2ccc(N(CC)CC)cc2)cc1OCC. The molecule has 0 radical (unpaired) electrons. The number of carbonyl (C=O) groups is 1. The molecule has 2 aromatic carbocycles. The Labute approximate surface area is 162 Å². The van der Waals surface area contributed by atoms with Crippen molar-refractivity contribution in [2.75, 3.05) is 36.5 Å². The van der Waals surface area contributed by atoms with Crippen molar-refractivity contribution < 1.29 is 14.3 Å². The van der Waals surface area contributed by atoms with Gasteiger partial charge < -0.3 is 19.7 Å². The molecule has 0 unspecified atom stereocenters. The molecule has 0 saturated heterocycles. The molecule has 146 valence electrons. The van der Waals surface area contributed by atoms with Crippen molar-refractivity contribution in [3.8, 4) is 11.5 Å². The maximum Gasteiger partial charge on any atom is 0.228 e. The van der Waals surface area contributed by atoms with E-state index in [1.54, 1.807) is 0 Å². The Morgan fingerprint density at radius 3 is 2.11 bits per heavy atom. The fourth-order valence-corrected chi connectivity index (χ4v) is 2.94. The van der Waals surface area contributed by atoms with Crippen molar-refractivity contribution >= 4 is 17.3 Å². The predicted octanol–water partition coefficient (Wildman–Crippen LogP) is 4.51. The number of anilines is 2. The van der Waals surface area contributed by atoms with Gasteiger partial charge in [-0.15, -0.1) is 0 Å². The average molecular weight is 370 g/mol. The Kier molecular flexibility index (Phi) is 7.99. The quantitative estimate of drug-likeness (QED) is 0.668. The number of nitrogens with zero attached hydrogens (tertiary/aromatic N) is 1. The molecule has 5 nitrogen and oxygen atoms in total. The van der Waals surface area contributed by atoms with Crippen LogP contribution in [0, 0.1) is 0 Å². The Hall–Kier alpha value is -2.69. The van der Waals surface area contributed by atoms with Crippen molar-refractivity contribution in [1.29, 1.82) is 0 Å². The van der Waals surface area contributed by atoms with Crippen LogP contribution in [0.2, 0.25) is 0 Å². The van der Waals surface area contributed by atoms with Gasteiger partial charge >= 0.3 is 0 Å². The normalized spacial score (nSPS) is 10.4. The molecule has 0 aromatic heterocycles. The summed E-state index contributed by atoms with van der Waals surface area (Å²) in [5, 5.41) is 2.95. The van der Waals surface area contributed by atoms with E-state index in [1.165, 1.54) is 0 Å². The van der Waals surface area contributed by atoms with E-state index in [0.29, 0.717) is 24.7 Å². The van der Waals surface area contributed by atoms with Gasteiger partial charge in [0.25, 0.3) is 0 Å². The third kappa shape index (κ3) is 5.91. The minimum atomic E-state index is -0.0582. The molecule has 0 aliphatic rings. The minimum absolute atomic E-state index is 0.0582. The molecule has 27 heavy (non-hydrogen) atoms. The summed E-state index contributed by atoms with van der Waals surface area (Å²) in [7, 11) is 0. The first-order valence-corrected chi connectivity index (χ1v) is 9.64. The van der Waals surface area contributed by atoms with Crippen molar-refractivity contribution in [3.63, 3.8) is 0 Å². The predicted molar refractivity (Wildman–Crippen MR) is 111 cm³/mol. The van der Waals surface area contributed by atoms with E-state index in [9.17, 15) is 4.79 Å². The number of nitrogens with one attached hydrogen (secondary N) is 1. The zero-order valence-electron chi connectivity index (χ0n) is 16.7. The monoisotopic (exact) mass is 370 g/mol. The van der Waals surface area contributed by atoms with Gasteiger partial charge in [0.1, 0.15) is 0 Å². The molecule has 5 heteroatoms. The number of rotatable bonds is 10. The van der Waals surface area contributed by atoms with Gasteiger partial charge in [-0.25, -0.2) is 0 Å². The van der Waals surface area contributed by atoms with E-state index in [2.05, 4.69) is 24.1 Å². The minimum Gasteiger partial charge on any atom is -0.490 e. The number of hydrogen-bond donors (Lipinski definition) is 1. The Balaban J connectivity index is 2.01. The van der Waals surface area contributed by atoms with E-state index >= 15 is 0 Å². The molecule has 2 rings (SSSR count). The maximum atomic E-state index is 12.4. The van der Waals surface area contributed by atoms with Crippen LogP contribution in [0.15, 0.2) is 42.5 Å². The summed E-state index contributed by atoms with van der Waals surface area (Å²) in [6.45, 7) is 11.2. The van der Waals surface area contributed by atoms with Crippen LogP contribution in [0.1, 0.15) is 33.3 Å². The Morgan fingerprint density at radius 2 is 1.52 bits per heavy atom. The molecule has 0 saturated carbocycles. The number of benzene rings is 2. The summed E-state index contributed by atoms with van der Waals surface area (Å²) >= 11 is 0. The first-order chi connectivity index (χ1) is 13.1. The van der Waals surface area contributed by atoms with Gasteiger partial charge in [0.15, 0.2) is 11.5 Å². The lowest BCUT2D eigenvalue weighted by molar-refractivity contribution is -0.115. The summed E-state index contributed by atoms with van der Waals surface area (Å²) in [4.78, 5) is 14.7. The Morgan fingerprint density at radius 1 is 0.889 bits per heavy atom. The van der Waals surface area contributed by atoms with Crippen LogP contribution in [-0.4, -0.2) is 32.2 Å². The summed E-state index contributed by atoms with van der Waals surface area (Å²) in [5.41, 5.74) is 2.84. The third-order valence-corrected chi connectivity index (χ3v) is 4.25. The fraction of sp³-hybridized carbons (Fsp3) is 0.409. The lowest BCUT2D eigenvalue weighted by atomic mass is 10.1. The van der Waals surface area contributed by atoms with Crippen LogP contribution in [0.5, 0.6) is 11.5 Å². The zero-order valence-corrected chi connectivity index (χ0v) is 16.7. The van der Waals surface area contributed by atoms with E-state index in [-0.39, 0.29) is 12.3 Å². The van der Waals surface area contributed by atoms with E-state index in [0.717, 1.165) is 30.0 Å². The molecule has 0 fully saturated rings. The van der Waals surface area contributed by atoms with Gasteiger partial charge in [-0.3, -0.25) is 4.79 Å². The van der Waals surface area contributed by atoms with Crippen LogP contribution in [0.3, 0.4) is 0 Å². The van der Waals surface area contributed by atoms with Crippen molar-refractivity contribution in [2.45, 2.75) is 34.1 Å². The molecule has 1 amide bonds. The lowest BCUT2D eigenvalue weighted by Crippen LogP contribution is -2.21. The molecule has 0 bridgehead atoms. The van der Waals surface area contributed by atoms with Crippen molar-refractivity contribution in [2.24, 2.45) is 0 Å². The van der Waals surface area contributed by atoms with Gasteiger partial charge in [-0.05, 0) is 69.7 Å². The van der Waals surface area contributed by atoms with Crippen LogP contribution < -0.4 is 19.7 Å². The summed E-state index contributed by atoms with van der Waals surface area (Å²) in [6.07, 6.45) is 0.282. The summed E-state index contributed by atoms with van der Waals surface area (Å²) in [6, 6.07) is 13.6. The fourth-order valence-electron chi connectivity index (χ4n) is 2.94. The number of amides is 1. The second-order valence-corrected chi connectivity index (χ2v) is 6.09. The second-order valence-electron chi connectivity index (χ2n) is 6.09. The van der Waals surface area contributed by atoms with Crippen molar-refractivity contribution in [3.05, 3.63) is 48.0 Å². The largest absolute Gasteiger partial charge is 0.490 e.